The molecule has 0 aliphatic heterocycles. The average Bonchev–Trinajstić information content (AvgIpc) is 2.32. The highest BCUT2D eigenvalue weighted by Gasteiger charge is 2.00. The Hall–Kier alpha value is -1.55. The molecule has 1 heterocycles. The Bertz CT molecular complexity index is 526. The predicted molar refractivity (Wildman–Crippen MR) is 74.9 cm³/mol. The van der Waals surface area contributed by atoms with E-state index in [1.54, 1.807) is 6.20 Å². The van der Waals surface area contributed by atoms with Crippen LogP contribution in [0.25, 0.3) is 0 Å². The second-order valence-electron chi connectivity index (χ2n) is 3.87. The monoisotopic (exact) mass is 291 g/mol. The van der Waals surface area contributed by atoms with Gasteiger partial charge in [0.25, 0.3) is 0 Å². The summed E-state index contributed by atoms with van der Waals surface area (Å²) >= 11 is 3.43. The second kappa shape index (κ2) is 5.19. The molecule has 0 bridgehead atoms. The molecule has 2 aromatic rings. The Kier molecular flexibility index (Phi) is 3.64. The quantitative estimate of drug-likeness (QED) is 0.853. The van der Waals surface area contributed by atoms with E-state index in [2.05, 4.69) is 26.2 Å². The Morgan fingerprint density at radius 2 is 2.12 bits per heavy atom. The summed E-state index contributed by atoms with van der Waals surface area (Å²) in [6, 6.07) is 9.82. The van der Waals surface area contributed by atoms with Crippen molar-refractivity contribution in [2.24, 2.45) is 0 Å². The minimum absolute atomic E-state index is 0.681. The van der Waals surface area contributed by atoms with Crippen LogP contribution in [0.2, 0.25) is 0 Å². The molecule has 0 spiro atoms. The van der Waals surface area contributed by atoms with Crippen molar-refractivity contribution in [3.8, 4) is 0 Å². The fraction of sp³-hybridized carbons (Fsp3) is 0.154. The van der Waals surface area contributed by atoms with Gasteiger partial charge in [0.2, 0.25) is 0 Å². The topological polar surface area (TPSA) is 50.9 Å². The molecule has 0 saturated heterocycles. The number of nitrogen functional groups attached to an aromatic ring is 1. The summed E-state index contributed by atoms with van der Waals surface area (Å²) in [5, 5.41) is 3.26. The smallest absolute Gasteiger partial charge is 0.126 e. The number of nitrogens with one attached hydrogen (secondary N) is 1. The lowest BCUT2D eigenvalue weighted by molar-refractivity contribution is 1.10. The summed E-state index contributed by atoms with van der Waals surface area (Å²) in [6.07, 6.45) is 1.80. The number of nitrogens with zero attached hydrogens (tertiary/aromatic N) is 1. The van der Waals surface area contributed by atoms with Gasteiger partial charge in [0, 0.05) is 22.9 Å². The van der Waals surface area contributed by atoms with Gasteiger partial charge in [0.1, 0.15) is 5.82 Å². The minimum Gasteiger partial charge on any atom is -0.398 e. The van der Waals surface area contributed by atoms with Crippen LogP contribution in [0.15, 0.2) is 41.0 Å². The van der Waals surface area contributed by atoms with Gasteiger partial charge in [-0.25, -0.2) is 4.98 Å². The van der Waals surface area contributed by atoms with Crippen LogP contribution >= 0.6 is 15.9 Å². The van der Waals surface area contributed by atoms with Gasteiger partial charge in [-0.2, -0.15) is 0 Å². The fourth-order valence-corrected chi connectivity index (χ4v) is 1.73. The van der Waals surface area contributed by atoms with Crippen LogP contribution in [0, 0.1) is 6.92 Å². The number of aryl methyl sites for hydroxylation is 1. The maximum atomic E-state index is 5.87. The van der Waals surface area contributed by atoms with Crippen LogP contribution in [0.1, 0.15) is 11.1 Å². The zero-order chi connectivity index (χ0) is 12.3. The van der Waals surface area contributed by atoms with E-state index in [4.69, 9.17) is 5.73 Å². The SMILES string of the molecule is Cc1cc(NCc2ccccc2N)ncc1Br. The number of rotatable bonds is 3. The molecular weight excluding hydrogens is 278 g/mol. The molecule has 0 amide bonds. The van der Waals surface area contributed by atoms with Crippen molar-refractivity contribution in [1.82, 2.24) is 4.98 Å². The van der Waals surface area contributed by atoms with Crippen molar-refractivity contribution in [1.29, 1.82) is 0 Å². The van der Waals surface area contributed by atoms with Gasteiger partial charge in [-0.15, -0.1) is 0 Å². The van der Waals surface area contributed by atoms with E-state index in [0.717, 1.165) is 27.1 Å². The first-order valence-electron chi connectivity index (χ1n) is 5.36. The third-order valence-electron chi connectivity index (χ3n) is 2.56. The molecule has 0 radical (unpaired) electrons. The zero-order valence-electron chi connectivity index (χ0n) is 9.57. The summed E-state index contributed by atoms with van der Waals surface area (Å²) in [6.45, 7) is 2.72. The molecule has 88 valence electrons. The molecule has 1 aromatic heterocycles. The van der Waals surface area contributed by atoms with Crippen molar-refractivity contribution in [2.45, 2.75) is 13.5 Å². The maximum Gasteiger partial charge on any atom is 0.126 e. The van der Waals surface area contributed by atoms with Crippen LogP contribution in [0.3, 0.4) is 0 Å². The first-order chi connectivity index (χ1) is 8.16. The van der Waals surface area contributed by atoms with Crippen molar-refractivity contribution in [2.75, 3.05) is 11.1 Å². The molecule has 3 N–H and O–H groups in total. The molecule has 17 heavy (non-hydrogen) atoms. The molecule has 0 fully saturated rings. The number of halogens is 1. The number of pyridine rings is 1. The van der Waals surface area contributed by atoms with Crippen molar-refractivity contribution >= 4 is 27.4 Å². The minimum atomic E-state index is 0.681. The van der Waals surface area contributed by atoms with Crippen LogP contribution in [-0.2, 0) is 6.54 Å². The summed E-state index contributed by atoms with van der Waals surface area (Å²) in [5.74, 6) is 0.856. The fourth-order valence-electron chi connectivity index (χ4n) is 1.52. The van der Waals surface area contributed by atoms with Crippen molar-refractivity contribution in [3.05, 3.63) is 52.1 Å². The van der Waals surface area contributed by atoms with Gasteiger partial charge in [-0.3, -0.25) is 0 Å². The Morgan fingerprint density at radius 3 is 2.82 bits per heavy atom. The average molecular weight is 292 g/mol. The van der Waals surface area contributed by atoms with Crippen molar-refractivity contribution in [3.63, 3.8) is 0 Å². The largest absolute Gasteiger partial charge is 0.398 e. The number of anilines is 2. The Labute approximate surface area is 109 Å². The zero-order valence-corrected chi connectivity index (χ0v) is 11.2. The lowest BCUT2D eigenvalue weighted by Gasteiger charge is -2.09. The van der Waals surface area contributed by atoms with E-state index in [1.165, 1.54) is 0 Å². The molecule has 0 saturated carbocycles. The highest BCUT2D eigenvalue weighted by Crippen LogP contribution is 2.18. The Balaban J connectivity index is 2.08. The summed E-state index contributed by atoms with van der Waals surface area (Å²) in [4.78, 5) is 4.29. The molecule has 0 unspecified atom stereocenters. The highest BCUT2D eigenvalue weighted by atomic mass is 79.9. The lowest BCUT2D eigenvalue weighted by Crippen LogP contribution is -2.04. The third kappa shape index (κ3) is 2.97. The Morgan fingerprint density at radius 1 is 1.35 bits per heavy atom. The van der Waals surface area contributed by atoms with Crippen LogP contribution in [0.4, 0.5) is 11.5 Å². The van der Waals surface area contributed by atoms with E-state index < -0.39 is 0 Å². The predicted octanol–water partition coefficient (Wildman–Crippen LogP) is 3.35. The van der Waals surface area contributed by atoms with Crippen LogP contribution in [0.5, 0.6) is 0 Å². The van der Waals surface area contributed by atoms with Crippen LogP contribution in [-0.4, -0.2) is 4.98 Å². The maximum absolute atomic E-state index is 5.87. The molecular formula is C13H14BrN3. The van der Waals surface area contributed by atoms with E-state index in [1.807, 2.05) is 37.3 Å². The lowest BCUT2D eigenvalue weighted by atomic mass is 10.2. The molecule has 0 atom stereocenters. The first-order valence-corrected chi connectivity index (χ1v) is 6.15. The molecule has 4 heteroatoms. The van der Waals surface area contributed by atoms with Gasteiger partial charge in [-0.1, -0.05) is 18.2 Å². The van der Waals surface area contributed by atoms with Gasteiger partial charge in [0.15, 0.2) is 0 Å². The van der Waals surface area contributed by atoms with E-state index in [9.17, 15) is 0 Å². The molecule has 0 aliphatic rings. The third-order valence-corrected chi connectivity index (χ3v) is 3.39. The van der Waals surface area contributed by atoms with Crippen molar-refractivity contribution < 1.29 is 0 Å². The van der Waals surface area contributed by atoms with Gasteiger partial charge < -0.3 is 11.1 Å². The number of hydrogen-bond donors (Lipinski definition) is 2. The summed E-state index contributed by atoms with van der Waals surface area (Å²) < 4.78 is 1.02. The second-order valence-corrected chi connectivity index (χ2v) is 4.73. The van der Waals surface area contributed by atoms with E-state index in [-0.39, 0.29) is 0 Å². The molecule has 3 nitrogen and oxygen atoms in total. The highest BCUT2D eigenvalue weighted by molar-refractivity contribution is 9.10. The number of para-hydroxylation sites is 1. The molecule has 2 rings (SSSR count). The summed E-state index contributed by atoms with van der Waals surface area (Å²) in [7, 11) is 0. The normalized spacial score (nSPS) is 10.2. The van der Waals surface area contributed by atoms with Gasteiger partial charge >= 0.3 is 0 Å². The number of aromatic nitrogens is 1. The summed E-state index contributed by atoms with van der Waals surface area (Å²) in [5.41, 5.74) is 8.91. The van der Waals surface area contributed by atoms with E-state index >= 15 is 0 Å². The van der Waals surface area contributed by atoms with Crippen LogP contribution < -0.4 is 11.1 Å². The van der Waals surface area contributed by atoms with E-state index in [0.29, 0.717) is 6.54 Å². The number of hydrogen-bond acceptors (Lipinski definition) is 3. The standard InChI is InChI=1S/C13H14BrN3/c1-9-6-13(17-8-11(9)14)16-7-10-4-2-3-5-12(10)15/h2-6,8H,7,15H2,1H3,(H,16,17). The first kappa shape index (κ1) is 11.9. The number of benzene rings is 1. The molecule has 1 aromatic carbocycles. The molecule has 0 aliphatic carbocycles. The van der Waals surface area contributed by atoms with Gasteiger partial charge in [-0.05, 0) is 46.1 Å². The van der Waals surface area contributed by atoms with Gasteiger partial charge in [0.05, 0.1) is 0 Å². The number of nitrogens with two attached hydrogens (primary N) is 1.